The summed E-state index contributed by atoms with van der Waals surface area (Å²) in [5, 5.41) is 3.38. The SMILES string of the molecule is CCCNCc1cc(F)ccc1N(C)C1CCCCC1. The van der Waals surface area contributed by atoms with Gasteiger partial charge in [0.15, 0.2) is 0 Å². The van der Waals surface area contributed by atoms with Gasteiger partial charge < -0.3 is 10.2 Å². The van der Waals surface area contributed by atoms with Gasteiger partial charge in [-0.3, -0.25) is 0 Å². The fourth-order valence-corrected chi connectivity index (χ4v) is 3.10. The zero-order valence-electron chi connectivity index (χ0n) is 12.8. The summed E-state index contributed by atoms with van der Waals surface area (Å²) in [5.74, 6) is -0.140. The standard InChI is InChI=1S/C17H27FN2/c1-3-11-19-13-14-12-15(18)9-10-17(14)20(2)16-7-5-4-6-8-16/h9-10,12,16,19H,3-8,11,13H2,1-2H3. The van der Waals surface area contributed by atoms with Crippen molar-refractivity contribution in [1.82, 2.24) is 5.32 Å². The smallest absolute Gasteiger partial charge is 0.123 e. The van der Waals surface area contributed by atoms with Gasteiger partial charge in [0, 0.05) is 25.3 Å². The van der Waals surface area contributed by atoms with Gasteiger partial charge in [-0.05, 0) is 49.6 Å². The molecule has 0 saturated heterocycles. The molecule has 1 aliphatic carbocycles. The maximum Gasteiger partial charge on any atom is 0.123 e. The minimum atomic E-state index is -0.140. The summed E-state index contributed by atoms with van der Waals surface area (Å²) in [6, 6.07) is 5.81. The predicted octanol–water partition coefficient (Wildman–Crippen LogP) is 4.09. The van der Waals surface area contributed by atoms with E-state index in [0.29, 0.717) is 6.04 Å². The largest absolute Gasteiger partial charge is 0.371 e. The Labute approximate surface area is 122 Å². The molecular weight excluding hydrogens is 251 g/mol. The average molecular weight is 278 g/mol. The highest BCUT2D eigenvalue weighted by atomic mass is 19.1. The number of nitrogens with zero attached hydrogens (tertiary/aromatic N) is 1. The summed E-state index contributed by atoms with van der Waals surface area (Å²) in [4.78, 5) is 2.36. The van der Waals surface area contributed by atoms with Crippen molar-refractivity contribution < 1.29 is 4.39 Å². The molecule has 0 unspecified atom stereocenters. The van der Waals surface area contributed by atoms with E-state index in [-0.39, 0.29) is 5.82 Å². The maximum atomic E-state index is 13.5. The minimum Gasteiger partial charge on any atom is -0.371 e. The van der Waals surface area contributed by atoms with Crippen LogP contribution in [-0.2, 0) is 6.54 Å². The van der Waals surface area contributed by atoms with Crippen LogP contribution in [0.3, 0.4) is 0 Å². The van der Waals surface area contributed by atoms with E-state index in [1.807, 2.05) is 6.07 Å². The molecule has 1 aromatic carbocycles. The van der Waals surface area contributed by atoms with E-state index in [4.69, 9.17) is 0 Å². The van der Waals surface area contributed by atoms with Crippen LogP contribution in [0.4, 0.5) is 10.1 Å². The summed E-state index contributed by atoms with van der Waals surface area (Å²) in [6.45, 7) is 3.87. The second-order valence-corrected chi connectivity index (χ2v) is 5.85. The molecule has 1 fully saturated rings. The molecule has 1 N–H and O–H groups in total. The molecule has 20 heavy (non-hydrogen) atoms. The molecule has 0 spiro atoms. The van der Waals surface area contributed by atoms with Crippen LogP contribution in [0.2, 0.25) is 0 Å². The monoisotopic (exact) mass is 278 g/mol. The highest BCUT2D eigenvalue weighted by Crippen LogP contribution is 2.28. The van der Waals surface area contributed by atoms with Crippen molar-refractivity contribution in [2.24, 2.45) is 0 Å². The molecule has 0 atom stereocenters. The van der Waals surface area contributed by atoms with Gasteiger partial charge in [0.05, 0.1) is 0 Å². The molecule has 0 aliphatic heterocycles. The maximum absolute atomic E-state index is 13.5. The van der Waals surface area contributed by atoms with Gasteiger partial charge in [0.1, 0.15) is 5.82 Å². The van der Waals surface area contributed by atoms with E-state index >= 15 is 0 Å². The molecular formula is C17H27FN2. The highest BCUT2D eigenvalue weighted by Gasteiger charge is 2.20. The van der Waals surface area contributed by atoms with E-state index < -0.39 is 0 Å². The number of anilines is 1. The van der Waals surface area contributed by atoms with Crippen molar-refractivity contribution in [3.63, 3.8) is 0 Å². The van der Waals surface area contributed by atoms with Crippen molar-refractivity contribution >= 4 is 5.69 Å². The molecule has 0 radical (unpaired) electrons. The molecule has 0 heterocycles. The number of halogens is 1. The first kappa shape index (κ1) is 15.3. The van der Waals surface area contributed by atoms with Crippen LogP contribution in [0.25, 0.3) is 0 Å². The van der Waals surface area contributed by atoms with E-state index in [1.54, 1.807) is 12.1 Å². The van der Waals surface area contributed by atoms with Gasteiger partial charge >= 0.3 is 0 Å². The normalized spacial score (nSPS) is 16.4. The van der Waals surface area contributed by atoms with E-state index in [1.165, 1.54) is 37.8 Å². The van der Waals surface area contributed by atoms with Crippen LogP contribution in [0, 0.1) is 5.82 Å². The average Bonchev–Trinajstić information content (AvgIpc) is 2.48. The topological polar surface area (TPSA) is 15.3 Å². The Morgan fingerprint density at radius 1 is 1.25 bits per heavy atom. The number of nitrogens with one attached hydrogen (secondary N) is 1. The number of rotatable bonds is 6. The lowest BCUT2D eigenvalue weighted by atomic mass is 9.93. The quantitative estimate of drug-likeness (QED) is 0.788. The third kappa shape index (κ3) is 3.95. The first-order valence-corrected chi connectivity index (χ1v) is 7.94. The summed E-state index contributed by atoms with van der Waals surface area (Å²) in [6.07, 6.45) is 7.62. The van der Waals surface area contributed by atoms with Crippen molar-refractivity contribution in [2.75, 3.05) is 18.5 Å². The predicted molar refractivity (Wildman–Crippen MR) is 83.7 cm³/mol. The Kier molecular flexibility index (Phi) is 5.84. The fraction of sp³-hybridized carbons (Fsp3) is 0.647. The number of hydrogen-bond acceptors (Lipinski definition) is 2. The van der Waals surface area contributed by atoms with Gasteiger partial charge in [0.2, 0.25) is 0 Å². The first-order chi connectivity index (χ1) is 9.72. The van der Waals surface area contributed by atoms with Crippen LogP contribution < -0.4 is 10.2 Å². The Morgan fingerprint density at radius 3 is 2.70 bits per heavy atom. The summed E-state index contributed by atoms with van der Waals surface area (Å²) in [7, 11) is 2.16. The Morgan fingerprint density at radius 2 is 2.00 bits per heavy atom. The lowest BCUT2D eigenvalue weighted by Gasteiger charge is -2.34. The summed E-state index contributed by atoms with van der Waals surface area (Å²) in [5.41, 5.74) is 2.26. The van der Waals surface area contributed by atoms with Gasteiger partial charge in [-0.1, -0.05) is 26.2 Å². The van der Waals surface area contributed by atoms with E-state index in [0.717, 1.165) is 25.1 Å². The van der Waals surface area contributed by atoms with Crippen molar-refractivity contribution in [3.05, 3.63) is 29.6 Å². The van der Waals surface area contributed by atoms with Crippen LogP contribution >= 0.6 is 0 Å². The number of hydrogen-bond donors (Lipinski definition) is 1. The zero-order valence-corrected chi connectivity index (χ0v) is 12.8. The molecule has 112 valence electrons. The van der Waals surface area contributed by atoms with Crippen molar-refractivity contribution in [2.45, 2.75) is 58.0 Å². The first-order valence-electron chi connectivity index (χ1n) is 7.94. The van der Waals surface area contributed by atoms with Crippen molar-refractivity contribution in [3.8, 4) is 0 Å². The second kappa shape index (κ2) is 7.63. The zero-order chi connectivity index (χ0) is 14.4. The lowest BCUT2D eigenvalue weighted by Crippen LogP contribution is -2.34. The summed E-state index contributed by atoms with van der Waals surface area (Å²) >= 11 is 0. The van der Waals surface area contributed by atoms with E-state index in [2.05, 4.69) is 24.2 Å². The molecule has 2 nitrogen and oxygen atoms in total. The highest BCUT2D eigenvalue weighted by molar-refractivity contribution is 5.54. The molecule has 2 rings (SSSR count). The minimum absolute atomic E-state index is 0.140. The molecule has 1 aromatic rings. The molecule has 1 saturated carbocycles. The number of benzene rings is 1. The van der Waals surface area contributed by atoms with Gasteiger partial charge in [-0.15, -0.1) is 0 Å². The van der Waals surface area contributed by atoms with Crippen LogP contribution in [-0.4, -0.2) is 19.6 Å². The molecule has 3 heteroatoms. The van der Waals surface area contributed by atoms with E-state index in [9.17, 15) is 4.39 Å². The molecule has 0 aromatic heterocycles. The third-order valence-corrected chi connectivity index (χ3v) is 4.29. The molecule has 1 aliphatic rings. The van der Waals surface area contributed by atoms with Crippen molar-refractivity contribution in [1.29, 1.82) is 0 Å². The van der Waals surface area contributed by atoms with Crippen LogP contribution in [0.1, 0.15) is 51.0 Å². The Hall–Kier alpha value is -1.09. The van der Waals surface area contributed by atoms with Crippen LogP contribution in [0.15, 0.2) is 18.2 Å². The fourth-order valence-electron chi connectivity index (χ4n) is 3.10. The van der Waals surface area contributed by atoms with Gasteiger partial charge in [-0.2, -0.15) is 0 Å². The van der Waals surface area contributed by atoms with Gasteiger partial charge in [-0.25, -0.2) is 4.39 Å². The third-order valence-electron chi connectivity index (χ3n) is 4.29. The lowest BCUT2D eigenvalue weighted by molar-refractivity contribution is 0.427. The molecule has 0 amide bonds. The van der Waals surface area contributed by atoms with Crippen LogP contribution in [0.5, 0.6) is 0 Å². The molecule has 0 bridgehead atoms. The van der Waals surface area contributed by atoms with Gasteiger partial charge in [0.25, 0.3) is 0 Å². The Bertz CT molecular complexity index is 413. The Balaban J connectivity index is 2.11. The summed E-state index contributed by atoms with van der Waals surface area (Å²) < 4.78 is 13.5. The second-order valence-electron chi connectivity index (χ2n) is 5.85.